The lowest BCUT2D eigenvalue weighted by Gasteiger charge is -2.26. The standard InChI is InChI=1S/C56H48N3/c1-39-15-27-46(28-16-39)58(47-29-17-40(2)18-30-47)50-35-23-43(24-36-50)54(55-52-13-9-10-14-53(52)57(5)56(55)45-11-7-6-8-12-45)44-25-37-51(38-26-44)59(48-31-19-41(3)20-32-48)49-33-21-42(4)22-34-49/h6-38H,1-5H3/q+1. The summed E-state index contributed by atoms with van der Waals surface area (Å²) in [4.78, 5) is 4.68. The lowest BCUT2D eigenvalue weighted by molar-refractivity contribution is 0.971. The van der Waals surface area contributed by atoms with Gasteiger partial charge in [0.1, 0.15) is 5.69 Å². The minimum absolute atomic E-state index is 1.10. The molecule has 1 aromatic heterocycles. The molecule has 59 heavy (non-hydrogen) atoms. The summed E-state index contributed by atoms with van der Waals surface area (Å²) < 4.78 is 2.36. The van der Waals surface area contributed by atoms with Crippen LogP contribution < -0.4 is 9.80 Å². The summed E-state index contributed by atoms with van der Waals surface area (Å²) in [6.45, 7) is 8.55. The third-order valence-corrected chi connectivity index (χ3v) is 11.4. The normalized spacial score (nSPS) is 11.1. The van der Waals surface area contributed by atoms with Crippen LogP contribution >= 0.6 is 0 Å². The highest BCUT2D eigenvalue weighted by molar-refractivity contribution is 5.96. The van der Waals surface area contributed by atoms with Gasteiger partial charge in [-0.1, -0.05) is 101 Å². The van der Waals surface area contributed by atoms with Crippen molar-refractivity contribution >= 4 is 45.0 Å². The number of hydrogen-bond donors (Lipinski definition) is 0. The molecule has 0 aliphatic rings. The Labute approximate surface area is 349 Å². The molecule has 0 unspecified atom stereocenters. The van der Waals surface area contributed by atoms with Crippen molar-refractivity contribution in [3.8, 4) is 11.3 Å². The second-order valence-corrected chi connectivity index (χ2v) is 15.6. The first-order valence-electron chi connectivity index (χ1n) is 20.4. The van der Waals surface area contributed by atoms with E-state index < -0.39 is 0 Å². The summed E-state index contributed by atoms with van der Waals surface area (Å²) in [6.07, 6.45) is 0. The molecule has 0 radical (unpaired) electrons. The van der Waals surface area contributed by atoms with E-state index in [-0.39, 0.29) is 0 Å². The van der Waals surface area contributed by atoms with Gasteiger partial charge in [0.05, 0.1) is 44.9 Å². The number of aromatic nitrogens is 1. The van der Waals surface area contributed by atoms with Crippen LogP contribution in [-0.4, -0.2) is 4.57 Å². The number of fused-ring (bicyclic) bond motifs is 1. The van der Waals surface area contributed by atoms with E-state index in [2.05, 4.69) is 249 Å². The molecule has 0 aliphatic carbocycles. The van der Waals surface area contributed by atoms with Crippen molar-refractivity contribution in [1.29, 1.82) is 0 Å². The van der Waals surface area contributed by atoms with Gasteiger partial charge in [-0.3, -0.25) is 0 Å². The molecule has 0 saturated heterocycles. The van der Waals surface area contributed by atoms with Gasteiger partial charge < -0.3 is 14.4 Å². The summed E-state index contributed by atoms with van der Waals surface area (Å²) in [6, 6.07) is 73.1. The van der Waals surface area contributed by atoms with Crippen molar-refractivity contribution < 1.29 is 0 Å². The van der Waals surface area contributed by atoms with Gasteiger partial charge in [-0.2, -0.15) is 0 Å². The zero-order valence-corrected chi connectivity index (χ0v) is 34.4. The average molecular weight is 763 g/mol. The van der Waals surface area contributed by atoms with E-state index in [0.29, 0.717) is 0 Å². The van der Waals surface area contributed by atoms with Crippen molar-refractivity contribution in [1.82, 2.24) is 4.57 Å². The van der Waals surface area contributed by atoms with E-state index in [1.165, 1.54) is 55.9 Å². The molecule has 0 atom stereocenters. The van der Waals surface area contributed by atoms with Crippen LogP contribution in [0.25, 0.3) is 22.2 Å². The molecule has 1 heterocycles. The van der Waals surface area contributed by atoms with Crippen LogP contribution in [0.3, 0.4) is 0 Å². The molecule has 3 nitrogen and oxygen atoms in total. The predicted molar refractivity (Wildman–Crippen MR) is 250 cm³/mol. The quantitative estimate of drug-likeness (QED) is 0.129. The highest BCUT2D eigenvalue weighted by Gasteiger charge is 2.32. The van der Waals surface area contributed by atoms with Gasteiger partial charge in [-0.05, 0) is 149 Å². The van der Waals surface area contributed by atoms with E-state index in [1.54, 1.807) is 0 Å². The third kappa shape index (κ3) is 7.40. The van der Waals surface area contributed by atoms with E-state index in [0.717, 1.165) is 45.3 Å². The molecule has 0 fully saturated rings. The first-order chi connectivity index (χ1) is 28.8. The number of rotatable bonds is 10. The fourth-order valence-electron chi connectivity index (χ4n) is 8.26. The highest BCUT2D eigenvalue weighted by atomic mass is 15.1. The van der Waals surface area contributed by atoms with Crippen LogP contribution in [0.2, 0.25) is 0 Å². The number of hydrogen-bond acceptors (Lipinski definition) is 2. The molecular formula is C56H48N3+. The summed E-state index contributed by atoms with van der Waals surface area (Å²) in [7, 11) is 2.19. The van der Waals surface area contributed by atoms with Gasteiger partial charge in [0.15, 0.2) is 0 Å². The number of anilines is 6. The molecule has 9 aromatic rings. The van der Waals surface area contributed by atoms with Crippen molar-refractivity contribution in [3.63, 3.8) is 0 Å². The maximum absolute atomic E-state index is 2.36. The fourth-order valence-corrected chi connectivity index (χ4v) is 8.26. The smallest absolute Gasteiger partial charge is 0.103 e. The molecule has 0 amide bonds. The first kappa shape index (κ1) is 37.4. The minimum atomic E-state index is 1.10. The first-order valence-corrected chi connectivity index (χ1v) is 20.4. The van der Waals surface area contributed by atoms with Gasteiger partial charge in [0.2, 0.25) is 0 Å². The largest absolute Gasteiger partial charge is 0.316 e. The van der Waals surface area contributed by atoms with Gasteiger partial charge >= 0.3 is 0 Å². The summed E-state index contributed by atoms with van der Waals surface area (Å²) in [5.74, 6) is 1.19. The molecule has 9 rings (SSSR count). The van der Waals surface area contributed by atoms with Crippen LogP contribution in [-0.2, 0) is 7.05 Å². The monoisotopic (exact) mass is 762 g/mol. The Morgan fingerprint density at radius 1 is 0.356 bits per heavy atom. The van der Waals surface area contributed by atoms with Gasteiger partial charge in [-0.15, -0.1) is 0 Å². The summed E-state index contributed by atoms with van der Waals surface area (Å²) in [5, 5.41) is 1.22. The Kier molecular flexibility index (Phi) is 10.1. The lowest BCUT2D eigenvalue weighted by atomic mass is 9.82. The van der Waals surface area contributed by atoms with Crippen LogP contribution in [0.5, 0.6) is 0 Å². The fraction of sp³-hybridized carbons (Fsp3) is 0.0893. The van der Waals surface area contributed by atoms with Gasteiger partial charge in [0.25, 0.3) is 0 Å². The maximum Gasteiger partial charge on any atom is 0.103 e. The third-order valence-electron chi connectivity index (χ3n) is 11.4. The Morgan fingerprint density at radius 3 is 1.05 bits per heavy atom. The Bertz CT molecular complexity index is 2590. The lowest BCUT2D eigenvalue weighted by Crippen LogP contribution is -2.12. The van der Waals surface area contributed by atoms with Crippen LogP contribution in [0.15, 0.2) is 200 Å². The second-order valence-electron chi connectivity index (χ2n) is 15.6. The second kappa shape index (κ2) is 16.0. The number of benzene rings is 8. The molecule has 0 N–H and O–H groups in total. The van der Waals surface area contributed by atoms with Crippen LogP contribution in [0, 0.1) is 33.6 Å². The molecule has 3 heteroatoms. The number of aryl methyl sites for hydroxylation is 5. The van der Waals surface area contributed by atoms with E-state index >= 15 is 0 Å². The van der Waals surface area contributed by atoms with Crippen molar-refractivity contribution in [2.45, 2.75) is 27.7 Å². The number of para-hydroxylation sites is 1. The topological polar surface area (TPSA) is 11.4 Å². The molecule has 0 aliphatic heterocycles. The van der Waals surface area contributed by atoms with Gasteiger partial charge in [-0.25, -0.2) is 0 Å². The molecule has 0 bridgehead atoms. The highest BCUT2D eigenvalue weighted by Crippen LogP contribution is 2.45. The van der Waals surface area contributed by atoms with E-state index in [4.69, 9.17) is 0 Å². The van der Waals surface area contributed by atoms with E-state index in [9.17, 15) is 0 Å². The minimum Gasteiger partial charge on any atom is -0.316 e. The summed E-state index contributed by atoms with van der Waals surface area (Å²) in [5.41, 5.74) is 18.7. The van der Waals surface area contributed by atoms with Crippen LogP contribution in [0.1, 0.15) is 38.9 Å². The maximum atomic E-state index is 2.36. The molecule has 286 valence electrons. The SMILES string of the molecule is Cc1ccc(N(c2ccc(C)cc2)c2ccc([C+](c3ccc(N(c4ccc(C)cc4)c4ccc(C)cc4)cc3)c3c(-c4ccccc4)n(C)c4ccccc34)cc2)cc1. The molecular weight excluding hydrogens is 715 g/mol. The average Bonchev–Trinajstić information content (AvgIpc) is 3.56. The molecule has 8 aromatic carbocycles. The van der Waals surface area contributed by atoms with Crippen molar-refractivity contribution in [2.24, 2.45) is 7.05 Å². The summed E-state index contributed by atoms with van der Waals surface area (Å²) >= 11 is 0. The van der Waals surface area contributed by atoms with Crippen molar-refractivity contribution in [3.05, 3.63) is 245 Å². The van der Waals surface area contributed by atoms with Crippen molar-refractivity contribution in [2.75, 3.05) is 9.80 Å². The Morgan fingerprint density at radius 2 is 0.678 bits per heavy atom. The zero-order valence-electron chi connectivity index (χ0n) is 34.4. The molecule has 0 spiro atoms. The van der Waals surface area contributed by atoms with Crippen LogP contribution in [0.4, 0.5) is 34.1 Å². The Balaban J connectivity index is 1.22. The zero-order chi connectivity index (χ0) is 40.5. The molecule has 0 saturated carbocycles. The Hall–Kier alpha value is -7.23. The predicted octanol–water partition coefficient (Wildman–Crippen LogP) is 15.0. The number of nitrogens with zero attached hydrogens (tertiary/aromatic N) is 3. The van der Waals surface area contributed by atoms with E-state index in [1.807, 2.05) is 0 Å². The van der Waals surface area contributed by atoms with Gasteiger partial charge in [0, 0.05) is 35.4 Å².